The summed E-state index contributed by atoms with van der Waals surface area (Å²) in [6, 6.07) is 8.02. The number of aromatic amines is 1. The number of hydrogen-bond acceptors (Lipinski definition) is 3. The van der Waals surface area contributed by atoms with E-state index >= 15 is 0 Å². The van der Waals surface area contributed by atoms with Crippen LogP contribution in [0, 0.1) is 5.92 Å². The minimum absolute atomic E-state index is 0.0181. The van der Waals surface area contributed by atoms with Crippen molar-refractivity contribution in [1.29, 1.82) is 0 Å². The molecule has 0 saturated carbocycles. The number of piperidine rings is 1. The van der Waals surface area contributed by atoms with Gasteiger partial charge in [0.05, 0.1) is 6.33 Å². The molecule has 1 amide bonds. The molecule has 122 valence electrons. The summed E-state index contributed by atoms with van der Waals surface area (Å²) < 4.78 is 0. The molecule has 3 rings (SSSR count). The zero-order chi connectivity index (χ0) is 15.9. The lowest BCUT2D eigenvalue weighted by atomic mass is 9.92. The summed E-state index contributed by atoms with van der Waals surface area (Å²) in [6.45, 7) is 2.86. The minimum Gasteiger partial charge on any atom is -0.352 e. The lowest BCUT2D eigenvalue weighted by molar-refractivity contribution is 0.0954. The van der Waals surface area contributed by atoms with Gasteiger partial charge in [0.15, 0.2) is 0 Å². The van der Waals surface area contributed by atoms with Gasteiger partial charge in [0.1, 0.15) is 0 Å². The molecular formula is C18H24N4O. The van der Waals surface area contributed by atoms with Gasteiger partial charge in [-0.05, 0) is 56.0 Å². The third kappa shape index (κ3) is 4.66. The fraction of sp³-hybridized carbons (Fsp3) is 0.444. The average Bonchev–Trinajstić information content (AvgIpc) is 3.10. The zero-order valence-electron chi connectivity index (χ0n) is 13.3. The molecule has 0 bridgehead atoms. The van der Waals surface area contributed by atoms with Crippen LogP contribution >= 0.6 is 0 Å². The second-order valence-electron chi connectivity index (χ2n) is 6.20. The number of carbonyl (C=O) groups excluding carboxylic acids is 1. The molecule has 0 unspecified atom stereocenters. The molecule has 1 atom stereocenters. The number of rotatable bonds is 6. The van der Waals surface area contributed by atoms with Crippen molar-refractivity contribution in [3.8, 4) is 0 Å². The normalized spacial score (nSPS) is 17.8. The number of amides is 1. The molecule has 1 saturated heterocycles. The molecule has 2 aromatic rings. The predicted molar refractivity (Wildman–Crippen MR) is 90.4 cm³/mol. The van der Waals surface area contributed by atoms with Crippen LogP contribution in [0.4, 0.5) is 0 Å². The van der Waals surface area contributed by atoms with E-state index in [4.69, 9.17) is 0 Å². The maximum absolute atomic E-state index is 12.1. The molecule has 0 aliphatic carbocycles. The first-order valence-electron chi connectivity index (χ1n) is 8.36. The van der Waals surface area contributed by atoms with E-state index in [-0.39, 0.29) is 5.91 Å². The van der Waals surface area contributed by atoms with Crippen LogP contribution in [0.5, 0.6) is 0 Å². The summed E-state index contributed by atoms with van der Waals surface area (Å²) >= 11 is 0. The Bertz CT molecular complexity index is 600. The van der Waals surface area contributed by atoms with E-state index in [1.165, 1.54) is 18.4 Å². The molecule has 1 aromatic heterocycles. The van der Waals surface area contributed by atoms with Gasteiger partial charge in [-0.1, -0.05) is 12.1 Å². The van der Waals surface area contributed by atoms with Crippen molar-refractivity contribution in [3.63, 3.8) is 0 Å². The van der Waals surface area contributed by atoms with Gasteiger partial charge in [0.25, 0.3) is 5.91 Å². The topological polar surface area (TPSA) is 69.8 Å². The van der Waals surface area contributed by atoms with Gasteiger partial charge in [0.2, 0.25) is 0 Å². The monoisotopic (exact) mass is 312 g/mol. The number of carbonyl (C=O) groups is 1. The van der Waals surface area contributed by atoms with Gasteiger partial charge in [0, 0.05) is 30.4 Å². The SMILES string of the molecule is O=C(NCCc1cnc[nH]1)c1ccc(C[C@@H]2CCCNC2)cc1. The molecule has 0 radical (unpaired) electrons. The maximum Gasteiger partial charge on any atom is 0.251 e. The molecule has 1 aliphatic rings. The highest BCUT2D eigenvalue weighted by atomic mass is 16.1. The Morgan fingerprint density at radius 1 is 1.30 bits per heavy atom. The van der Waals surface area contributed by atoms with Gasteiger partial charge >= 0.3 is 0 Å². The Hall–Kier alpha value is -2.14. The van der Waals surface area contributed by atoms with Gasteiger partial charge < -0.3 is 15.6 Å². The first kappa shape index (κ1) is 15.7. The zero-order valence-corrected chi connectivity index (χ0v) is 13.3. The van der Waals surface area contributed by atoms with Crippen LogP contribution in [0.2, 0.25) is 0 Å². The summed E-state index contributed by atoms with van der Waals surface area (Å²) in [5.74, 6) is 0.702. The summed E-state index contributed by atoms with van der Waals surface area (Å²) in [4.78, 5) is 19.1. The number of benzene rings is 1. The van der Waals surface area contributed by atoms with E-state index < -0.39 is 0 Å². The average molecular weight is 312 g/mol. The number of nitrogens with one attached hydrogen (secondary N) is 3. The van der Waals surface area contributed by atoms with Crippen molar-refractivity contribution in [2.45, 2.75) is 25.7 Å². The van der Waals surface area contributed by atoms with Crippen LogP contribution in [-0.2, 0) is 12.8 Å². The van der Waals surface area contributed by atoms with Gasteiger partial charge in [-0.15, -0.1) is 0 Å². The first-order chi connectivity index (χ1) is 11.3. The van der Waals surface area contributed by atoms with E-state index in [1.807, 2.05) is 12.1 Å². The van der Waals surface area contributed by atoms with Crippen LogP contribution in [0.25, 0.3) is 0 Å². The molecule has 1 fully saturated rings. The Morgan fingerprint density at radius 2 is 2.17 bits per heavy atom. The van der Waals surface area contributed by atoms with Crippen LogP contribution in [0.3, 0.4) is 0 Å². The number of imidazole rings is 1. The number of nitrogens with zero attached hydrogens (tertiary/aromatic N) is 1. The molecular weight excluding hydrogens is 288 g/mol. The lowest BCUT2D eigenvalue weighted by Gasteiger charge is -2.22. The smallest absolute Gasteiger partial charge is 0.251 e. The summed E-state index contributed by atoms with van der Waals surface area (Å²) in [5, 5.41) is 6.39. The van der Waals surface area contributed by atoms with E-state index in [2.05, 4.69) is 32.7 Å². The van der Waals surface area contributed by atoms with Crippen LogP contribution in [-0.4, -0.2) is 35.5 Å². The summed E-state index contributed by atoms with van der Waals surface area (Å²) in [5.41, 5.74) is 3.06. The van der Waals surface area contributed by atoms with Crippen molar-refractivity contribution in [3.05, 3.63) is 53.6 Å². The molecule has 1 aliphatic heterocycles. The molecule has 5 heteroatoms. The molecule has 0 spiro atoms. The predicted octanol–water partition coefficient (Wildman–Crippen LogP) is 1.92. The standard InChI is InChI=1S/C18H24N4O/c23-18(21-9-7-17-12-20-13-22-17)16-5-3-14(4-6-16)10-15-2-1-8-19-11-15/h3-6,12-13,15,19H,1-2,7-11H2,(H,20,22)(H,21,23)/t15-/m0/s1. The molecule has 3 N–H and O–H groups in total. The van der Waals surface area contributed by atoms with Crippen molar-refractivity contribution < 1.29 is 4.79 Å². The Morgan fingerprint density at radius 3 is 2.87 bits per heavy atom. The fourth-order valence-corrected chi connectivity index (χ4v) is 3.06. The molecule has 1 aromatic carbocycles. The third-order valence-electron chi connectivity index (χ3n) is 4.37. The Kier molecular flexibility index (Phi) is 5.42. The van der Waals surface area contributed by atoms with Gasteiger partial charge in [-0.3, -0.25) is 4.79 Å². The molecule has 5 nitrogen and oxygen atoms in total. The van der Waals surface area contributed by atoms with E-state index in [0.717, 1.165) is 43.1 Å². The van der Waals surface area contributed by atoms with Crippen molar-refractivity contribution >= 4 is 5.91 Å². The lowest BCUT2D eigenvalue weighted by Crippen LogP contribution is -2.30. The second-order valence-corrected chi connectivity index (χ2v) is 6.20. The van der Waals surface area contributed by atoms with Crippen LogP contribution < -0.4 is 10.6 Å². The van der Waals surface area contributed by atoms with Crippen LogP contribution in [0.1, 0.15) is 34.5 Å². The highest BCUT2D eigenvalue weighted by Gasteiger charge is 2.13. The summed E-state index contributed by atoms with van der Waals surface area (Å²) in [6.07, 6.45) is 7.84. The highest BCUT2D eigenvalue weighted by Crippen LogP contribution is 2.16. The Balaban J connectivity index is 1.46. The molecule has 2 heterocycles. The number of hydrogen-bond donors (Lipinski definition) is 3. The van der Waals surface area contributed by atoms with E-state index in [0.29, 0.717) is 6.54 Å². The van der Waals surface area contributed by atoms with Crippen molar-refractivity contribution in [1.82, 2.24) is 20.6 Å². The maximum atomic E-state index is 12.1. The summed E-state index contributed by atoms with van der Waals surface area (Å²) in [7, 11) is 0. The van der Waals surface area contributed by atoms with Gasteiger partial charge in [-0.2, -0.15) is 0 Å². The van der Waals surface area contributed by atoms with Crippen molar-refractivity contribution in [2.24, 2.45) is 5.92 Å². The Labute approximate surface area is 136 Å². The fourth-order valence-electron chi connectivity index (χ4n) is 3.06. The van der Waals surface area contributed by atoms with E-state index in [1.54, 1.807) is 12.5 Å². The minimum atomic E-state index is -0.0181. The van der Waals surface area contributed by atoms with E-state index in [9.17, 15) is 4.79 Å². The third-order valence-corrected chi connectivity index (χ3v) is 4.37. The first-order valence-corrected chi connectivity index (χ1v) is 8.36. The van der Waals surface area contributed by atoms with Crippen molar-refractivity contribution in [2.75, 3.05) is 19.6 Å². The van der Waals surface area contributed by atoms with Crippen LogP contribution in [0.15, 0.2) is 36.8 Å². The number of aromatic nitrogens is 2. The quantitative estimate of drug-likeness (QED) is 0.763. The molecule has 23 heavy (non-hydrogen) atoms. The largest absolute Gasteiger partial charge is 0.352 e. The number of H-pyrrole nitrogens is 1. The second kappa shape index (κ2) is 7.92. The van der Waals surface area contributed by atoms with Gasteiger partial charge in [-0.25, -0.2) is 4.98 Å². The highest BCUT2D eigenvalue weighted by molar-refractivity contribution is 5.94.